The summed E-state index contributed by atoms with van der Waals surface area (Å²) in [6.45, 7) is 14.9. The molecule has 0 bridgehead atoms. The zero-order chi connectivity index (χ0) is 31.0. The van der Waals surface area contributed by atoms with E-state index in [0.29, 0.717) is 5.56 Å². The molecule has 2 rings (SSSR count). The van der Waals surface area contributed by atoms with Crippen LogP contribution < -0.4 is 15.2 Å². The summed E-state index contributed by atoms with van der Waals surface area (Å²) in [6, 6.07) is 3.71. The molecule has 1 aliphatic carbocycles. The van der Waals surface area contributed by atoms with Gasteiger partial charge in [-0.2, -0.15) is 0 Å². The lowest BCUT2D eigenvalue weighted by Gasteiger charge is -2.26. The Hall–Kier alpha value is -2.94. The Labute approximate surface area is 244 Å². The van der Waals surface area contributed by atoms with Crippen LogP contribution in [0, 0.1) is 16.7 Å². The molecule has 0 unspecified atom stereocenters. The zero-order valence-electron chi connectivity index (χ0n) is 26.0. The molecule has 0 aromatic heterocycles. The number of rotatable bonds is 11. The van der Waals surface area contributed by atoms with E-state index in [1.807, 2.05) is 41.5 Å². The molecule has 0 spiro atoms. The second-order valence-corrected chi connectivity index (χ2v) is 13.6. The molecule has 9 nitrogen and oxygen atoms in total. The van der Waals surface area contributed by atoms with Gasteiger partial charge in [-0.3, -0.25) is 19.2 Å². The minimum Gasteiger partial charge on any atom is -0.459 e. The third-order valence-corrected chi connectivity index (χ3v) is 6.77. The summed E-state index contributed by atoms with van der Waals surface area (Å²) in [5.41, 5.74) is 6.17. The van der Waals surface area contributed by atoms with Crippen molar-refractivity contribution in [1.29, 1.82) is 0 Å². The fraction of sp³-hybridized carbons (Fsp3) is 0.688. The lowest BCUT2D eigenvalue weighted by atomic mass is 9.89. The van der Waals surface area contributed by atoms with Gasteiger partial charge in [-0.15, -0.1) is 0 Å². The predicted molar refractivity (Wildman–Crippen MR) is 155 cm³/mol. The van der Waals surface area contributed by atoms with Crippen LogP contribution in [0.5, 0.6) is 11.5 Å². The van der Waals surface area contributed by atoms with Crippen molar-refractivity contribution in [2.45, 2.75) is 125 Å². The number of benzene rings is 1. The highest BCUT2D eigenvalue weighted by atomic mass is 16.6. The maximum absolute atomic E-state index is 12.8. The molecule has 1 fully saturated rings. The summed E-state index contributed by atoms with van der Waals surface area (Å²) < 4.78 is 22.2. The second-order valence-electron chi connectivity index (χ2n) is 13.6. The van der Waals surface area contributed by atoms with Crippen molar-refractivity contribution in [2.75, 3.05) is 0 Å². The van der Waals surface area contributed by atoms with Crippen LogP contribution in [-0.4, -0.2) is 42.1 Å². The summed E-state index contributed by atoms with van der Waals surface area (Å²) in [7, 11) is 0. The van der Waals surface area contributed by atoms with Gasteiger partial charge in [0.1, 0.15) is 18.2 Å². The topological polar surface area (TPSA) is 131 Å². The van der Waals surface area contributed by atoms with E-state index in [-0.39, 0.29) is 53.5 Å². The summed E-state index contributed by atoms with van der Waals surface area (Å²) in [5.74, 6) is -1.73. The van der Waals surface area contributed by atoms with E-state index in [1.54, 1.807) is 26.0 Å². The van der Waals surface area contributed by atoms with E-state index >= 15 is 0 Å². The van der Waals surface area contributed by atoms with Crippen molar-refractivity contribution in [3.05, 3.63) is 23.8 Å². The van der Waals surface area contributed by atoms with Crippen molar-refractivity contribution >= 4 is 23.9 Å². The van der Waals surface area contributed by atoms with Crippen molar-refractivity contribution in [3.8, 4) is 11.5 Å². The largest absolute Gasteiger partial charge is 0.459 e. The molecule has 230 valence electrons. The van der Waals surface area contributed by atoms with Gasteiger partial charge in [0, 0.05) is 0 Å². The fourth-order valence-corrected chi connectivity index (χ4v) is 4.44. The van der Waals surface area contributed by atoms with Crippen molar-refractivity contribution in [1.82, 2.24) is 0 Å². The average molecular weight is 576 g/mol. The van der Waals surface area contributed by atoms with Gasteiger partial charge in [0.2, 0.25) is 0 Å². The molecule has 1 aromatic carbocycles. The van der Waals surface area contributed by atoms with E-state index < -0.39 is 36.2 Å². The van der Waals surface area contributed by atoms with Gasteiger partial charge >= 0.3 is 23.9 Å². The molecule has 3 atom stereocenters. The van der Waals surface area contributed by atoms with Crippen LogP contribution in [0.15, 0.2) is 18.2 Å². The van der Waals surface area contributed by atoms with E-state index in [9.17, 15) is 19.2 Å². The predicted octanol–water partition coefficient (Wildman–Crippen LogP) is 5.68. The van der Waals surface area contributed by atoms with Crippen molar-refractivity contribution in [3.63, 3.8) is 0 Å². The molecule has 0 heterocycles. The Kier molecular flexibility index (Phi) is 12.4. The lowest BCUT2D eigenvalue weighted by molar-refractivity contribution is -0.169. The molecule has 1 aliphatic rings. The minimum atomic E-state index is -1.02. The van der Waals surface area contributed by atoms with Crippen LogP contribution in [0.3, 0.4) is 0 Å². The summed E-state index contributed by atoms with van der Waals surface area (Å²) in [5, 5.41) is 0. The minimum absolute atomic E-state index is 0.0798. The molecule has 0 amide bonds. The molecular weight excluding hydrogens is 526 g/mol. The van der Waals surface area contributed by atoms with Crippen LogP contribution in [0.4, 0.5) is 0 Å². The van der Waals surface area contributed by atoms with Gasteiger partial charge in [-0.25, -0.2) is 0 Å². The third kappa shape index (κ3) is 12.6. The van der Waals surface area contributed by atoms with Crippen molar-refractivity contribution in [2.24, 2.45) is 22.5 Å². The number of carbonyl (C=O) groups excluding carboxylic acids is 4. The Balaban J connectivity index is 2.07. The van der Waals surface area contributed by atoms with Gasteiger partial charge in [0.05, 0.1) is 18.8 Å². The first-order valence-corrected chi connectivity index (χ1v) is 14.6. The first-order chi connectivity index (χ1) is 18.9. The molecular formula is C32H49NO8. The highest BCUT2D eigenvalue weighted by Gasteiger charge is 2.29. The number of hydrogen-bond donors (Lipinski definition) is 1. The molecule has 1 aromatic rings. The number of nitrogens with two attached hydrogens (primary N) is 1. The molecule has 0 saturated heterocycles. The van der Waals surface area contributed by atoms with Gasteiger partial charge in [-0.1, -0.05) is 66.9 Å². The Morgan fingerprint density at radius 2 is 1.32 bits per heavy atom. The monoisotopic (exact) mass is 575 g/mol. The maximum Gasteiger partial charge on any atom is 0.323 e. The second kappa shape index (κ2) is 14.8. The van der Waals surface area contributed by atoms with Gasteiger partial charge in [0.25, 0.3) is 0 Å². The van der Waals surface area contributed by atoms with Gasteiger partial charge in [0.15, 0.2) is 11.5 Å². The SMILES string of the molecule is C[C@H](OC(=O)C1CCCCC1)[C@H](C)OC(=O)[C@@H](N)Cc1ccc(OC(=O)CC(C)(C)C)c(OC(=O)CC(C)(C)C)c1. The highest BCUT2D eigenvalue weighted by molar-refractivity contribution is 5.78. The highest BCUT2D eigenvalue weighted by Crippen LogP contribution is 2.32. The summed E-state index contributed by atoms with van der Waals surface area (Å²) in [4.78, 5) is 50.3. The third-order valence-electron chi connectivity index (χ3n) is 6.77. The van der Waals surface area contributed by atoms with E-state index in [1.165, 1.54) is 6.07 Å². The van der Waals surface area contributed by atoms with Crippen LogP contribution in [0.25, 0.3) is 0 Å². The van der Waals surface area contributed by atoms with Gasteiger partial charge < -0.3 is 24.7 Å². The Morgan fingerprint density at radius 3 is 1.85 bits per heavy atom. The molecule has 41 heavy (non-hydrogen) atoms. The Bertz CT molecular complexity index is 1060. The normalized spacial score (nSPS) is 16.7. The summed E-state index contributed by atoms with van der Waals surface area (Å²) >= 11 is 0. The lowest BCUT2D eigenvalue weighted by Crippen LogP contribution is -2.40. The average Bonchev–Trinajstić information content (AvgIpc) is 2.83. The first-order valence-electron chi connectivity index (χ1n) is 14.6. The van der Waals surface area contributed by atoms with Crippen LogP contribution in [-0.2, 0) is 35.1 Å². The Morgan fingerprint density at radius 1 is 0.805 bits per heavy atom. The molecule has 0 radical (unpaired) electrons. The number of ether oxygens (including phenoxy) is 4. The number of hydrogen-bond acceptors (Lipinski definition) is 9. The fourth-order valence-electron chi connectivity index (χ4n) is 4.44. The summed E-state index contributed by atoms with van der Waals surface area (Å²) in [6.07, 6.45) is 3.94. The zero-order valence-corrected chi connectivity index (χ0v) is 26.0. The standard InChI is InChI=1S/C32H49NO8/c1-20(38-29(36)23-12-10-9-11-13-23)21(2)39-30(37)24(33)16-22-14-15-25(40-27(34)18-31(3,4)5)26(17-22)41-28(35)19-32(6,7)8/h14-15,17,20-21,23-24H,9-13,16,18-19,33H2,1-8H3/t20-,21-,24-/m0/s1. The van der Waals surface area contributed by atoms with E-state index in [0.717, 1.165) is 32.1 Å². The number of carbonyl (C=O) groups is 4. The molecule has 1 saturated carbocycles. The quantitative estimate of drug-likeness (QED) is 0.261. The molecule has 9 heteroatoms. The van der Waals surface area contributed by atoms with E-state index in [4.69, 9.17) is 24.7 Å². The molecule has 2 N–H and O–H groups in total. The van der Waals surface area contributed by atoms with Crippen molar-refractivity contribution < 1.29 is 38.1 Å². The maximum atomic E-state index is 12.8. The van der Waals surface area contributed by atoms with Crippen LogP contribution >= 0.6 is 0 Å². The van der Waals surface area contributed by atoms with Crippen LogP contribution in [0.1, 0.15) is 106 Å². The first kappa shape index (κ1) is 34.3. The molecule has 0 aliphatic heterocycles. The van der Waals surface area contributed by atoms with E-state index in [2.05, 4.69) is 0 Å². The van der Waals surface area contributed by atoms with Gasteiger partial charge in [-0.05, 0) is 61.6 Å². The van der Waals surface area contributed by atoms with Crippen LogP contribution in [0.2, 0.25) is 0 Å². The smallest absolute Gasteiger partial charge is 0.323 e. The number of esters is 4.